The van der Waals surface area contributed by atoms with Crippen LogP contribution in [-0.4, -0.2) is 87.4 Å². The van der Waals surface area contributed by atoms with Gasteiger partial charge in [0.15, 0.2) is 10.9 Å². The van der Waals surface area contributed by atoms with Crippen LogP contribution in [0.4, 0.5) is 5.69 Å². The molecule has 6 heterocycles. The van der Waals surface area contributed by atoms with Crippen LogP contribution in [0.3, 0.4) is 0 Å². The van der Waals surface area contributed by atoms with Gasteiger partial charge in [0.2, 0.25) is 11.8 Å². The highest BCUT2D eigenvalue weighted by Crippen LogP contribution is 2.50. The maximum atomic E-state index is 13.6. The third kappa shape index (κ3) is 12.5. The molecule has 15 rings (SSSR count). The van der Waals surface area contributed by atoms with Gasteiger partial charge < -0.3 is 57.6 Å². The van der Waals surface area contributed by atoms with Gasteiger partial charge in [-0.25, -0.2) is 9.59 Å². The average molecular weight is 1370 g/mol. The summed E-state index contributed by atoms with van der Waals surface area (Å²) in [6, 6.07) is 53.6. The molecule has 8 aliphatic rings. The van der Waals surface area contributed by atoms with Crippen molar-refractivity contribution < 1.29 is 67.0 Å². The monoisotopic (exact) mass is 1370 g/mol. The lowest BCUT2D eigenvalue weighted by atomic mass is 9.82. The molecule has 2 amide bonds. The molecule has 21 nitrogen and oxygen atoms in total. The maximum Gasteiger partial charge on any atom is 0.355 e. The van der Waals surface area contributed by atoms with E-state index < -0.39 is 36.0 Å². The third-order valence-electron chi connectivity index (χ3n) is 19.5. The minimum Gasteiger partial charge on any atom is -0.497 e. The normalized spacial score (nSPS) is 17.3. The van der Waals surface area contributed by atoms with Crippen molar-refractivity contribution in [2.45, 2.75) is 84.6 Å². The summed E-state index contributed by atoms with van der Waals surface area (Å²) in [7, 11) is 3.27. The van der Waals surface area contributed by atoms with E-state index >= 15 is 0 Å². The molecule has 2 fully saturated rings. The molecule has 0 bridgehead atoms. The lowest BCUT2D eigenvalue weighted by molar-refractivity contribution is -0.162. The number of β-lactam (4-membered cyclic amide) rings is 2. The van der Waals surface area contributed by atoms with Crippen molar-refractivity contribution in [3.63, 3.8) is 0 Å². The Kier molecular flexibility index (Phi) is 18.0. The van der Waals surface area contributed by atoms with Gasteiger partial charge in [-0.2, -0.15) is 0 Å². The zero-order valence-electron chi connectivity index (χ0n) is 56.2. The number of esters is 1. The van der Waals surface area contributed by atoms with Gasteiger partial charge in [-0.1, -0.05) is 90.0 Å². The standard InChI is InChI=1S/C44H36N4O8.C37H31NO8/c1-24-18-31(53-3)13-16-33(24)41-34-15-12-30(50)19-38(34)56-39-20-32(14-17-35(39)41)54-22-26-4-8-28(9-5-26)36-21-37-40(25(2)49)43(51)48(37)42(36)44(52)55-23-27-6-10-29(11-7-27)46-47-45;1-19-14-24(44-3)9-12-26(19)34-27-11-8-23(40)15-31(27)46-32-16-25(10-13-28(32)34)45-18-21-4-6-22(7-5-21)29-17-30-33(20(2)39)36(41)38(30)35(29)37(42)43/h4-20,25,37,40,49H,21-23H2,1-3H3;4-16,20,30,33,39H,17-18H2,1-3H3,(H,42,43)/t25-,37-,40-;20-,30-,33-/m11/s1. The van der Waals surface area contributed by atoms with E-state index in [1.54, 1.807) is 64.5 Å². The number of hydrogen-bond donors (Lipinski definition) is 3. The molecule has 2 aliphatic carbocycles. The van der Waals surface area contributed by atoms with Gasteiger partial charge in [0, 0.05) is 67.9 Å². The average Bonchev–Trinajstić information content (AvgIpc) is 1.52. The second-order valence-corrected chi connectivity index (χ2v) is 25.8. The molecule has 0 unspecified atom stereocenters. The van der Waals surface area contributed by atoms with Crippen molar-refractivity contribution >= 4 is 62.5 Å². The molecule has 3 N–H and O–H groups in total. The van der Waals surface area contributed by atoms with Crippen LogP contribution >= 0.6 is 0 Å². The van der Waals surface area contributed by atoms with Crippen LogP contribution in [0.25, 0.3) is 88.4 Å². The lowest BCUT2D eigenvalue weighted by Gasteiger charge is -2.44. The number of nitrogens with zero attached hydrogens (tertiary/aromatic N) is 5. The van der Waals surface area contributed by atoms with Crippen LogP contribution < -0.4 is 29.8 Å². The summed E-state index contributed by atoms with van der Waals surface area (Å²) >= 11 is 0. The van der Waals surface area contributed by atoms with Crippen molar-refractivity contribution in [3.8, 4) is 67.9 Å². The number of carbonyl (C=O) groups excluding carboxylic acids is 3. The highest BCUT2D eigenvalue weighted by atomic mass is 16.5. The molecule has 7 aromatic carbocycles. The van der Waals surface area contributed by atoms with Crippen molar-refractivity contribution in [3.05, 3.63) is 263 Å². The van der Waals surface area contributed by atoms with Crippen LogP contribution in [0.5, 0.6) is 23.0 Å². The van der Waals surface area contributed by atoms with Gasteiger partial charge in [-0.3, -0.25) is 19.2 Å². The summed E-state index contributed by atoms with van der Waals surface area (Å²) in [4.78, 5) is 81.5. The van der Waals surface area contributed by atoms with Gasteiger partial charge in [0.25, 0.3) is 0 Å². The quantitative estimate of drug-likeness (QED) is 0.0169. The molecule has 7 aromatic rings. The second kappa shape index (κ2) is 27.4. The molecular formula is C81H67N5O16. The number of carbonyl (C=O) groups is 4. The van der Waals surface area contributed by atoms with Gasteiger partial charge in [0.05, 0.1) is 50.3 Å². The molecule has 2 saturated heterocycles. The summed E-state index contributed by atoms with van der Waals surface area (Å²) in [6.07, 6.45) is -0.936. The van der Waals surface area contributed by atoms with Gasteiger partial charge in [-0.05, 0) is 180 Å². The van der Waals surface area contributed by atoms with Crippen LogP contribution in [-0.2, 0) is 43.7 Å². The van der Waals surface area contributed by atoms with Crippen LogP contribution in [0.15, 0.2) is 217 Å². The van der Waals surface area contributed by atoms with Crippen LogP contribution in [0, 0.1) is 25.7 Å². The Hall–Kier alpha value is -12.3. The Morgan fingerprint density at radius 3 is 1.36 bits per heavy atom. The number of methoxy groups -OCH3 is 2. The number of aliphatic hydroxyl groups excluding tert-OH is 2. The Balaban J connectivity index is 0.000000176. The number of aliphatic carboxylic acids is 1. The number of aryl methyl sites for hydroxylation is 2. The second-order valence-electron chi connectivity index (χ2n) is 25.8. The number of carboxylic acid groups (broad SMARTS) is 1. The van der Waals surface area contributed by atoms with Crippen LogP contribution in [0.2, 0.25) is 0 Å². The third-order valence-corrected chi connectivity index (χ3v) is 19.5. The molecule has 0 radical (unpaired) electrons. The number of ether oxygens (including phenoxy) is 5. The van der Waals surface area contributed by atoms with E-state index in [2.05, 4.69) is 10.0 Å². The van der Waals surface area contributed by atoms with E-state index in [1.165, 1.54) is 34.1 Å². The van der Waals surface area contributed by atoms with E-state index in [1.807, 2.05) is 135 Å². The fraction of sp³-hybridized carbons (Fsp3) is 0.210. The number of fused-ring (bicyclic) bond motifs is 6. The van der Waals surface area contributed by atoms with Crippen LogP contribution in [0.1, 0.15) is 65.6 Å². The summed E-state index contributed by atoms with van der Waals surface area (Å²) in [5, 5.41) is 35.5. The van der Waals surface area contributed by atoms with Crippen molar-refractivity contribution in [1.29, 1.82) is 0 Å². The minimum atomic E-state index is -1.16. The van der Waals surface area contributed by atoms with E-state index in [0.717, 1.165) is 83.5 Å². The Morgan fingerprint density at radius 1 is 0.529 bits per heavy atom. The molecule has 6 atom stereocenters. The maximum absolute atomic E-state index is 13.6. The number of benzene rings is 9. The number of rotatable bonds is 19. The highest BCUT2D eigenvalue weighted by Gasteiger charge is 2.58. The number of hydrogen-bond acceptors (Lipinski definition) is 16. The summed E-state index contributed by atoms with van der Waals surface area (Å²) in [5.41, 5.74) is 22.8. The Bertz CT molecular complexity index is 5380. The first kappa shape index (κ1) is 66.9. The van der Waals surface area contributed by atoms with E-state index in [-0.39, 0.29) is 66.0 Å². The van der Waals surface area contributed by atoms with E-state index in [0.29, 0.717) is 75.0 Å². The van der Waals surface area contributed by atoms with E-state index in [9.17, 15) is 44.1 Å². The molecular weight excluding hydrogens is 1300 g/mol. The van der Waals surface area contributed by atoms with Crippen molar-refractivity contribution in [2.75, 3.05) is 14.2 Å². The van der Waals surface area contributed by atoms with Crippen molar-refractivity contribution in [2.24, 2.45) is 17.0 Å². The number of amides is 2. The largest absolute Gasteiger partial charge is 0.497 e. The molecule has 6 aliphatic heterocycles. The first-order valence-electron chi connectivity index (χ1n) is 33.1. The number of azide groups is 1. The Morgan fingerprint density at radius 2 is 0.941 bits per heavy atom. The molecule has 0 aromatic heterocycles. The first-order chi connectivity index (χ1) is 49.3. The molecule has 512 valence electrons. The zero-order chi connectivity index (χ0) is 71.4. The fourth-order valence-electron chi connectivity index (χ4n) is 14.5. The summed E-state index contributed by atoms with van der Waals surface area (Å²) < 4.78 is 41.4. The summed E-state index contributed by atoms with van der Waals surface area (Å²) in [6.45, 7) is 7.61. The predicted molar refractivity (Wildman–Crippen MR) is 381 cm³/mol. The Labute approximate surface area is 583 Å². The molecule has 0 saturated carbocycles. The SMILES string of the molecule is COc1ccc(-c2c3ccc(=O)cc-3oc3cc(OCc4ccc(C5=C(C(=O)O)N6C(=O)[C@H]([C@@H](C)O)[C@H]6C5)cc4)ccc23)c(C)c1.COc1ccc(-c2c3ccc(=O)cc-3oc3cc(OCc4ccc(C5=C(C(=O)OCc6ccc(N=[N+]=[N-])cc6)N6C(=O)[C@H]([C@@H](C)O)[C@H]6C5)cc4)ccc23)c(C)c1. The zero-order valence-corrected chi connectivity index (χ0v) is 56.2. The highest BCUT2D eigenvalue weighted by molar-refractivity contribution is 6.08. The minimum absolute atomic E-state index is 0.0170. The van der Waals surface area contributed by atoms with Gasteiger partial charge in [0.1, 0.15) is 76.9 Å². The smallest absolute Gasteiger partial charge is 0.355 e. The number of carboxylic acids is 1. The summed E-state index contributed by atoms with van der Waals surface area (Å²) in [5.74, 6) is -0.0607. The first-order valence-corrected chi connectivity index (χ1v) is 33.1. The van der Waals surface area contributed by atoms with Gasteiger partial charge >= 0.3 is 11.9 Å². The van der Waals surface area contributed by atoms with Crippen molar-refractivity contribution in [1.82, 2.24) is 9.80 Å². The predicted octanol–water partition coefficient (Wildman–Crippen LogP) is 14.3. The molecule has 102 heavy (non-hydrogen) atoms. The fourth-order valence-corrected chi connectivity index (χ4v) is 14.5. The molecule has 21 heteroatoms. The van der Waals surface area contributed by atoms with Gasteiger partial charge in [-0.15, -0.1) is 0 Å². The molecule has 0 spiro atoms. The van der Waals surface area contributed by atoms with E-state index in [4.69, 9.17) is 38.0 Å². The topological polar surface area (TPSA) is 291 Å². The number of aliphatic hydroxyl groups is 2. The lowest BCUT2D eigenvalue weighted by Crippen LogP contribution is -2.61.